The molecule has 1 fully saturated rings. The summed E-state index contributed by atoms with van der Waals surface area (Å²) in [6, 6.07) is 0.592. The van der Waals surface area contributed by atoms with E-state index < -0.39 is 0 Å². The average Bonchev–Trinajstić information content (AvgIpc) is 3.33. The zero-order valence-corrected chi connectivity index (χ0v) is 18.1. The molecule has 1 N–H and O–H groups in total. The summed E-state index contributed by atoms with van der Waals surface area (Å²) in [6.45, 7) is 8.59. The number of allylic oxidation sites excluding steroid dienone is 1. The van der Waals surface area contributed by atoms with E-state index in [4.69, 9.17) is 4.99 Å². The minimum atomic E-state index is 0.592. The molecule has 0 radical (unpaired) electrons. The molecule has 1 heterocycles. The lowest BCUT2D eigenvalue weighted by Crippen LogP contribution is -2.39. The summed E-state index contributed by atoms with van der Waals surface area (Å²) >= 11 is 1.71. The summed E-state index contributed by atoms with van der Waals surface area (Å²) in [5.41, 5.74) is 0. The van der Waals surface area contributed by atoms with E-state index in [1.807, 2.05) is 6.08 Å². The van der Waals surface area contributed by atoms with Gasteiger partial charge in [0.1, 0.15) is 5.82 Å². The third-order valence-electron chi connectivity index (χ3n) is 5.03. The lowest BCUT2D eigenvalue weighted by molar-refractivity contribution is 0.459. The lowest BCUT2D eigenvalue weighted by Gasteiger charge is -2.21. The van der Waals surface area contributed by atoms with Crippen LogP contribution in [0.5, 0.6) is 0 Å². The molecule has 1 aliphatic rings. The van der Waals surface area contributed by atoms with Crippen molar-refractivity contribution in [2.24, 2.45) is 4.99 Å². The SMILES string of the molecule is C=CCCCN(C)C(=NCCCc1nnc(SC)n1C1CCCC1)NCC. The molecule has 0 amide bonds. The number of aromatic nitrogens is 3. The number of hydrogen-bond donors (Lipinski definition) is 1. The highest BCUT2D eigenvalue weighted by Crippen LogP contribution is 2.33. The fourth-order valence-electron chi connectivity index (χ4n) is 3.62. The molecule has 0 aliphatic heterocycles. The van der Waals surface area contributed by atoms with E-state index in [1.165, 1.54) is 25.7 Å². The summed E-state index contributed by atoms with van der Waals surface area (Å²) in [4.78, 5) is 7.01. The Morgan fingerprint density at radius 3 is 2.81 bits per heavy atom. The van der Waals surface area contributed by atoms with Gasteiger partial charge in [-0.1, -0.05) is 30.7 Å². The van der Waals surface area contributed by atoms with Gasteiger partial charge in [0, 0.05) is 39.1 Å². The third kappa shape index (κ3) is 6.55. The maximum atomic E-state index is 4.80. The molecule has 1 saturated carbocycles. The first-order chi connectivity index (χ1) is 13.2. The van der Waals surface area contributed by atoms with Crippen LogP contribution in [-0.4, -0.2) is 58.6 Å². The number of aryl methyl sites for hydroxylation is 1. The summed E-state index contributed by atoms with van der Waals surface area (Å²) in [5.74, 6) is 2.12. The molecule has 1 aliphatic carbocycles. The highest BCUT2D eigenvalue weighted by atomic mass is 32.2. The summed E-state index contributed by atoms with van der Waals surface area (Å²) in [5, 5.41) is 13.3. The fraction of sp³-hybridized carbons (Fsp3) is 0.750. The van der Waals surface area contributed by atoms with Gasteiger partial charge in [-0.15, -0.1) is 16.8 Å². The first-order valence-electron chi connectivity index (χ1n) is 10.3. The smallest absolute Gasteiger partial charge is 0.193 e. The first kappa shape index (κ1) is 21.8. The van der Waals surface area contributed by atoms with Gasteiger partial charge in [0.05, 0.1) is 0 Å². The third-order valence-corrected chi connectivity index (χ3v) is 5.67. The molecule has 7 heteroatoms. The van der Waals surface area contributed by atoms with Crippen molar-refractivity contribution < 1.29 is 0 Å². The Labute approximate surface area is 168 Å². The first-order valence-corrected chi connectivity index (χ1v) is 11.5. The number of hydrogen-bond acceptors (Lipinski definition) is 4. The molecule has 0 atom stereocenters. The monoisotopic (exact) mass is 392 g/mol. The summed E-state index contributed by atoms with van der Waals surface area (Å²) < 4.78 is 2.40. The standard InChI is InChI=1S/C20H36N6S/c1-5-7-10-16-25(3)19(21-6-2)22-15-11-14-18-23-24-20(27-4)26(18)17-12-8-9-13-17/h5,17H,1,6-16H2,2-4H3,(H,21,22). The van der Waals surface area contributed by atoms with E-state index >= 15 is 0 Å². The van der Waals surface area contributed by atoms with Crippen molar-refractivity contribution in [1.29, 1.82) is 0 Å². The zero-order chi connectivity index (χ0) is 19.5. The number of nitrogens with one attached hydrogen (secondary N) is 1. The van der Waals surface area contributed by atoms with Crippen LogP contribution < -0.4 is 5.32 Å². The number of nitrogens with zero attached hydrogens (tertiary/aromatic N) is 5. The lowest BCUT2D eigenvalue weighted by atomic mass is 10.2. The molecule has 27 heavy (non-hydrogen) atoms. The molecule has 152 valence electrons. The van der Waals surface area contributed by atoms with Crippen molar-refractivity contribution in [3.05, 3.63) is 18.5 Å². The minimum Gasteiger partial charge on any atom is -0.357 e. The Morgan fingerprint density at radius 2 is 2.15 bits per heavy atom. The molecule has 1 aromatic rings. The van der Waals surface area contributed by atoms with Crippen LogP contribution in [0.2, 0.25) is 0 Å². The quantitative estimate of drug-likeness (QED) is 0.203. The zero-order valence-electron chi connectivity index (χ0n) is 17.3. The fourth-order valence-corrected chi connectivity index (χ4v) is 4.19. The van der Waals surface area contributed by atoms with Crippen LogP contribution >= 0.6 is 11.8 Å². The van der Waals surface area contributed by atoms with E-state index in [1.54, 1.807) is 11.8 Å². The van der Waals surface area contributed by atoms with Crippen molar-refractivity contribution in [3.63, 3.8) is 0 Å². The molecule has 0 unspecified atom stereocenters. The van der Waals surface area contributed by atoms with Crippen molar-refractivity contribution in [1.82, 2.24) is 25.0 Å². The Hall–Kier alpha value is -1.50. The molecular weight excluding hydrogens is 356 g/mol. The second-order valence-electron chi connectivity index (χ2n) is 7.10. The molecule has 0 aromatic carbocycles. The van der Waals surface area contributed by atoms with E-state index in [0.29, 0.717) is 6.04 Å². The second kappa shape index (κ2) is 12.1. The maximum Gasteiger partial charge on any atom is 0.193 e. The van der Waals surface area contributed by atoms with Crippen LogP contribution in [0.25, 0.3) is 0 Å². The predicted molar refractivity (Wildman–Crippen MR) is 116 cm³/mol. The van der Waals surface area contributed by atoms with Gasteiger partial charge >= 0.3 is 0 Å². The maximum absolute atomic E-state index is 4.80. The van der Waals surface area contributed by atoms with Gasteiger partial charge in [-0.2, -0.15) is 0 Å². The van der Waals surface area contributed by atoms with Crippen LogP contribution in [-0.2, 0) is 6.42 Å². The van der Waals surface area contributed by atoms with Crippen molar-refractivity contribution in [3.8, 4) is 0 Å². The van der Waals surface area contributed by atoms with Crippen LogP contribution in [0.4, 0.5) is 0 Å². The van der Waals surface area contributed by atoms with Gasteiger partial charge in [-0.05, 0) is 45.3 Å². The van der Waals surface area contributed by atoms with Gasteiger partial charge in [0.15, 0.2) is 11.1 Å². The normalized spacial score (nSPS) is 15.3. The van der Waals surface area contributed by atoms with Crippen LogP contribution in [0, 0.1) is 0 Å². The van der Waals surface area contributed by atoms with Gasteiger partial charge in [-0.25, -0.2) is 0 Å². The van der Waals surface area contributed by atoms with Gasteiger partial charge < -0.3 is 14.8 Å². The van der Waals surface area contributed by atoms with Crippen LogP contribution in [0.15, 0.2) is 22.8 Å². The molecule has 2 rings (SSSR count). The number of thioether (sulfide) groups is 1. The molecule has 0 saturated heterocycles. The van der Waals surface area contributed by atoms with Crippen LogP contribution in [0.1, 0.15) is 63.7 Å². The van der Waals surface area contributed by atoms with E-state index in [0.717, 1.165) is 62.3 Å². The number of guanidine groups is 1. The Kier molecular flexibility index (Phi) is 9.73. The predicted octanol–water partition coefficient (Wildman–Crippen LogP) is 3.91. The average molecular weight is 393 g/mol. The largest absolute Gasteiger partial charge is 0.357 e. The highest BCUT2D eigenvalue weighted by molar-refractivity contribution is 7.98. The van der Waals surface area contributed by atoms with E-state index in [9.17, 15) is 0 Å². The summed E-state index contributed by atoms with van der Waals surface area (Å²) in [7, 11) is 2.10. The molecule has 1 aromatic heterocycles. The number of unbranched alkanes of at least 4 members (excludes halogenated alkanes) is 1. The molecular formula is C20H36N6S. The molecule has 0 spiro atoms. The van der Waals surface area contributed by atoms with Gasteiger partial charge in [0.25, 0.3) is 0 Å². The minimum absolute atomic E-state index is 0.592. The van der Waals surface area contributed by atoms with Crippen molar-refractivity contribution in [2.75, 3.05) is 32.9 Å². The van der Waals surface area contributed by atoms with Crippen molar-refractivity contribution in [2.45, 2.75) is 69.5 Å². The van der Waals surface area contributed by atoms with Crippen molar-refractivity contribution >= 4 is 17.7 Å². The Morgan fingerprint density at radius 1 is 1.37 bits per heavy atom. The summed E-state index contributed by atoms with van der Waals surface area (Å²) in [6.07, 6.45) is 13.3. The number of aliphatic imine (C=N–C) groups is 1. The topological polar surface area (TPSA) is 58.3 Å². The van der Waals surface area contributed by atoms with Crippen LogP contribution in [0.3, 0.4) is 0 Å². The van der Waals surface area contributed by atoms with Gasteiger partial charge in [-0.3, -0.25) is 4.99 Å². The van der Waals surface area contributed by atoms with Gasteiger partial charge in [0.2, 0.25) is 0 Å². The second-order valence-corrected chi connectivity index (χ2v) is 7.88. The Balaban J connectivity index is 1.90. The molecule has 6 nitrogen and oxygen atoms in total. The number of rotatable bonds is 11. The molecule has 0 bridgehead atoms. The highest BCUT2D eigenvalue weighted by Gasteiger charge is 2.23. The Bertz CT molecular complexity index is 591. The van der Waals surface area contributed by atoms with E-state index in [2.05, 4.69) is 51.8 Å². The van der Waals surface area contributed by atoms with E-state index in [-0.39, 0.29) is 0 Å².